The summed E-state index contributed by atoms with van der Waals surface area (Å²) in [6.07, 6.45) is 59.5. The summed E-state index contributed by atoms with van der Waals surface area (Å²) in [6, 6.07) is 0. The molecule has 0 heterocycles. The Bertz CT molecular complexity index is 1380. The Morgan fingerprint density at radius 1 is 0.392 bits per heavy atom. The van der Waals surface area contributed by atoms with Gasteiger partial charge < -0.3 is 24.2 Å². The first-order valence-corrected chi connectivity index (χ1v) is 32.4. The van der Waals surface area contributed by atoms with E-state index < -0.39 is 57.8 Å². The van der Waals surface area contributed by atoms with Crippen LogP contribution < -0.4 is 0 Å². The van der Waals surface area contributed by atoms with Crippen molar-refractivity contribution >= 4 is 25.7 Å². The molecule has 0 bridgehead atoms. The Kier molecular flexibility index (Phi) is 55.1. The molecule has 0 amide bonds. The summed E-state index contributed by atoms with van der Waals surface area (Å²) in [4.78, 5) is 48.6. The van der Waals surface area contributed by atoms with Crippen LogP contribution in [0.2, 0.25) is 0 Å². The van der Waals surface area contributed by atoms with E-state index in [2.05, 4.69) is 57.2 Å². The van der Waals surface area contributed by atoms with Crippen LogP contribution in [-0.4, -0.2) is 66.5 Å². The van der Waals surface area contributed by atoms with Gasteiger partial charge in [0.05, 0.1) is 19.8 Å². The number of rotatable bonds is 58. The number of carbonyl (C=O) groups excluding carboxylic acids is 3. The largest absolute Gasteiger partial charge is 0.472 e. The van der Waals surface area contributed by atoms with Gasteiger partial charge in [-0.05, 0) is 51.4 Å². The highest BCUT2D eigenvalue weighted by molar-refractivity contribution is 7.47. The third-order valence-electron chi connectivity index (χ3n) is 13.6. The van der Waals surface area contributed by atoms with E-state index >= 15 is 0 Å². The molecule has 0 fully saturated rings. The van der Waals surface area contributed by atoms with Gasteiger partial charge in [0.15, 0.2) is 6.10 Å². The van der Waals surface area contributed by atoms with Crippen molar-refractivity contribution in [2.45, 2.75) is 315 Å². The van der Waals surface area contributed by atoms with Crippen molar-refractivity contribution in [2.24, 2.45) is 0 Å². The molecule has 3 atom stereocenters. The fourth-order valence-electron chi connectivity index (χ4n) is 8.90. The Hall–Kier alpha value is -2.30. The molecule has 0 aliphatic rings. The van der Waals surface area contributed by atoms with Gasteiger partial charge in [-0.2, -0.15) is 0 Å². The van der Waals surface area contributed by atoms with Crippen molar-refractivity contribution in [3.63, 3.8) is 0 Å². The molecule has 0 aliphatic heterocycles. The number of phosphoric acid groups is 1. The zero-order valence-electron chi connectivity index (χ0n) is 48.1. The smallest absolute Gasteiger partial charge is 0.462 e. The van der Waals surface area contributed by atoms with Gasteiger partial charge in [-0.25, -0.2) is 4.57 Å². The SMILES string of the molecule is CC/C=C\C/C=C\C/C=C\CCCCCCCCCC(=O)OCC(COP(=O)(O)OCC(CO)OC(=O)CCCCCCCCCCCCCCCCC)OC(=O)CCCCCCCCCCCCCCCCC. The summed E-state index contributed by atoms with van der Waals surface area (Å²) in [6.45, 7) is 4.59. The van der Waals surface area contributed by atoms with Crippen LogP contribution in [0.25, 0.3) is 0 Å². The standard InChI is InChI=1S/C62H115O11P/c1-4-7-10-13-16-19-22-25-28-29-32-33-36-39-42-45-48-51-60(64)69-55-59(73-62(66)53-50-47-44-41-38-35-31-27-24-21-18-15-12-9-6-3)57-71-74(67,68)70-56-58(54-63)72-61(65)52-49-46-43-40-37-34-30-26-23-20-17-14-11-8-5-2/h7,10,16,19,25,28,58-59,63H,4-6,8-9,11-15,17-18,20-24,26-27,29-57H2,1-3H3,(H,67,68)/b10-7-,19-16-,28-25-. The molecule has 0 aromatic heterocycles. The summed E-state index contributed by atoms with van der Waals surface area (Å²) in [7, 11) is -4.74. The monoisotopic (exact) mass is 1070 g/mol. The van der Waals surface area contributed by atoms with Crippen molar-refractivity contribution in [1.82, 2.24) is 0 Å². The second-order valence-corrected chi connectivity index (χ2v) is 22.3. The van der Waals surface area contributed by atoms with Crippen LogP contribution >= 0.6 is 7.82 Å². The molecule has 12 heteroatoms. The lowest BCUT2D eigenvalue weighted by molar-refractivity contribution is -0.161. The van der Waals surface area contributed by atoms with Gasteiger partial charge in [0.2, 0.25) is 0 Å². The third-order valence-corrected chi connectivity index (χ3v) is 14.5. The summed E-state index contributed by atoms with van der Waals surface area (Å²) in [5.74, 6) is -1.45. The van der Waals surface area contributed by atoms with Gasteiger partial charge in [-0.3, -0.25) is 23.4 Å². The maximum absolute atomic E-state index is 12.9. The Labute approximate surface area is 454 Å². The quantitative estimate of drug-likeness (QED) is 0.0197. The predicted molar refractivity (Wildman–Crippen MR) is 307 cm³/mol. The molecule has 0 aliphatic carbocycles. The van der Waals surface area contributed by atoms with Crippen LogP contribution in [0.5, 0.6) is 0 Å². The average Bonchev–Trinajstić information content (AvgIpc) is 3.39. The zero-order chi connectivity index (χ0) is 54.1. The predicted octanol–water partition coefficient (Wildman–Crippen LogP) is 18.4. The Morgan fingerprint density at radius 3 is 1.08 bits per heavy atom. The van der Waals surface area contributed by atoms with Crippen molar-refractivity contribution < 1.29 is 52.2 Å². The minimum absolute atomic E-state index is 0.171. The molecule has 0 aromatic carbocycles. The van der Waals surface area contributed by atoms with E-state index in [9.17, 15) is 28.9 Å². The van der Waals surface area contributed by atoms with Crippen molar-refractivity contribution in [1.29, 1.82) is 0 Å². The van der Waals surface area contributed by atoms with Crippen LogP contribution in [0.15, 0.2) is 36.5 Å². The van der Waals surface area contributed by atoms with Gasteiger partial charge in [-0.15, -0.1) is 0 Å². The van der Waals surface area contributed by atoms with Gasteiger partial charge in [-0.1, -0.05) is 269 Å². The lowest BCUT2D eigenvalue weighted by Crippen LogP contribution is -2.30. The van der Waals surface area contributed by atoms with E-state index in [1.54, 1.807) is 0 Å². The van der Waals surface area contributed by atoms with E-state index in [0.717, 1.165) is 89.9 Å². The molecule has 0 saturated carbocycles. The molecule has 0 saturated heterocycles. The second-order valence-electron chi connectivity index (χ2n) is 20.9. The molecule has 0 rings (SSSR count). The van der Waals surface area contributed by atoms with Gasteiger partial charge in [0, 0.05) is 19.3 Å². The fourth-order valence-corrected chi connectivity index (χ4v) is 9.69. The van der Waals surface area contributed by atoms with Gasteiger partial charge in [0.1, 0.15) is 12.7 Å². The maximum atomic E-state index is 12.9. The number of ether oxygens (including phenoxy) is 3. The molecular weight excluding hydrogens is 952 g/mol. The maximum Gasteiger partial charge on any atom is 0.472 e. The highest BCUT2D eigenvalue weighted by atomic mass is 31.2. The molecule has 0 spiro atoms. The first kappa shape index (κ1) is 71.7. The van der Waals surface area contributed by atoms with Crippen LogP contribution in [0.1, 0.15) is 303 Å². The topological polar surface area (TPSA) is 155 Å². The highest BCUT2D eigenvalue weighted by Gasteiger charge is 2.28. The molecular formula is C62H115O11P. The molecule has 434 valence electrons. The summed E-state index contributed by atoms with van der Waals surface area (Å²) < 4.78 is 39.6. The zero-order valence-corrected chi connectivity index (χ0v) is 49.0. The molecule has 0 radical (unpaired) electrons. The van der Waals surface area contributed by atoms with E-state index in [4.69, 9.17) is 23.3 Å². The van der Waals surface area contributed by atoms with E-state index in [1.165, 1.54) is 154 Å². The van der Waals surface area contributed by atoms with Crippen molar-refractivity contribution in [3.8, 4) is 0 Å². The minimum atomic E-state index is -4.74. The van der Waals surface area contributed by atoms with E-state index in [1.807, 2.05) is 0 Å². The van der Waals surface area contributed by atoms with Crippen molar-refractivity contribution in [3.05, 3.63) is 36.5 Å². The van der Waals surface area contributed by atoms with Crippen molar-refractivity contribution in [2.75, 3.05) is 26.4 Å². The first-order valence-electron chi connectivity index (χ1n) is 30.9. The molecule has 2 N–H and O–H groups in total. The second kappa shape index (κ2) is 56.9. The number of allylic oxidation sites excluding steroid dienone is 6. The summed E-state index contributed by atoms with van der Waals surface area (Å²) >= 11 is 0. The number of carbonyl (C=O) groups is 3. The summed E-state index contributed by atoms with van der Waals surface area (Å²) in [5.41, 5.74) is 0. The molecule has 3 unspecified atom stereocenters. The summed E-state index contributed by atoms with van der Waals surface area (Å²) in [5, 5.41) is 9.83. The fraction of sp³-hybridized carbons (Fsp3) is 0.855. The normalized spacial score (nSPS) is 13.5. The Balaban J connectivity index is 4.67. The van der Waals surface area contributed by atoms with Crippen LogP contribution in [0, 0.1) is 0 Å². The highest BCUT2D eigenvalue weighted by Crippen LogP contribution is 2.43. The number of hydrogen-bond acceptors (Lipinski definition) is 10. The van der Waals surface area contributed by atoms with Crippen LogP contribution in [0.4, 0.5) is 0 Å². The molecule has 74 heavy (non-hydrogen) atoms. The number of hydrogen-bond donors (Lipinski definition) is 2. The lowest BCUT2D eigenvalue weighted by atomic mass is 10.0. The lowest BCUT2D eigenvalue weighted by Gasteiger charge is -2.21. The number of esters is 3. The number of unbranched alkanes of at least 4 members (excludes halogenated alkanes) is 35. The van der Waals surface area contributed by atoms with Gasteiger partial charge in [0.25, 0.3) is 0 Å². The minimum Gasteiger partial charge on any atom is -0.462 e. The number of phosphoric ester groups is 1. The van der Waals surface area contributed by atoms with E-state index in [-0.39, 0.29) is 25.9 Å². The van der Waals surface area contributed by atoms with Crippen LogP contribution in [0.3, 0.4) is 0 Å². The van der Waals surface area contributed by atoms with E-state index in [0.29, 0.717) is 19.3 Å². The first-order chi connectivity index (χ1) is 36.2. The number of aliphatic hydroxyl groups is 1. The molecule has 0 aromatic rings. The van der Waals surface area contributed by atoms with Gasteiger partial charge >= 0.3 is 25.7 Å². The Morgan fingerprint density at radius 2 is 0.703 bits per heavy atom. The number of aliphatic hydroxyl groups excluding tert-OH is 1. The average molecular weight is 1070 g/mol. The van der Waals surface area contributed by atoms with Crippen LogP contribution in [-0.2, 0) is 42.2 Å². The third kappa shape index (κ3) is 54.5. The molecule has 11 nitrogen and oxygen atoms in total.